The van der Waals surface area contributed by atoms with Gasteiger partial charge >= 0.3 is 5.97 Å². The Bertz CT molecular complexity index is 364. The van der Waals surface area contributed by atoms with Gasteiger partial charge in [-0.1, -0.05) is 50.9 Å². The molecular formula is C12H14Br2O2. The second-order valence-electron chi connectivity index (χ2n) is 3.39. The van der Waals surface area contributed by atoms with Crippen molar-refractivity contribution in [2.45, 2.75) is 24.0 Å². The first-order valence-corrected chi connectivity index (χ1v) is 7.38. The molecule has 0 atom stereocenters. The zero-order valence-electron chi connectivity index (χ0n) is 9.13. The fourth-order valence-corrected chi connectivity index (χ4v) is 2.12. The first-order chi connectivity index (χ1) is 7.72. The van der Waals surface area contributed by atoms with Gasteiger partial charge in [-0.15, -0.1) is 0 Å². The fraction of sp³-hybridized carbons (Fsp3) is 0.417. The Hall–Kier alpha value is -0.350. The number of halogens is 2. The lowest BCUT2D eigenvalue weighted by molar-refractivity contribution is 0.0504. The molecule has 0 N–H and O–H groups in total. The molecule has 0 aliphatic rings. The van der Waals surface area contributed by atoms with Crippen LogP contribution < -0.4 is 0 Å². The van der Waals surface area contributed by atoms with Crippen molar-refractivity contribution < 1.29 is 9.53 Å². The van der Waals surface area contributed by atoms with Gasteiger partial charge in [-0.05, 0) is 23.6 Å². The van der Waals surface area contributed by atoms with Gasteiger partial charge in [0.1, 0.15) is 0 Å². The number of carbonyl (C=O) groups excluding carboxylic acids is 1. The van der Waals surface area contributed by atoms with Crippen LogP contribution in [0.1, 0.15) is 34.8 Å². The zero-order chi connectivity index (χ0) is 12.0. The van der Waals surface area contributed by atoms with E-state index in [9.17, 15) is 4.79 Å². The highest BCUT2D eigenvalue weighted by atomic mass is 79.9. The van der Waals surface area contributed by atoms with E-state index in [0.29, 0.717) is 17.5 Å². The van der Waals surface area contributed by atoms with Crippen molar-refractivity contribution in [3.05, 3.63) is 34.9 Å². The monoisotopic (exact) mass is 348 g/mol. The van der Waals surface area contributed by atoms with Crippen LogP contribution in [0.3, 0.4) is 0 Å². The lowest BCUT2D eigenvalue weighted by Gasteiger charge is -2.08. The molecule has 0 saturated heterocycles. The molecule has 1 aromatic rings. The van der Waals surface area contributed by atoms with Gasteiger partial charge < -0.3 is 4.74 Å². The maximum absolute atomic E-state index is 11.8. The molecule has 0 amide bonds. The topological polar surface area (TPSA) is 26.3 Å². The van der Waals surface area contributed by atoms with Gasteiger partial charge in [0.2, 0.25) is 0 Å². The van der Waals surface area contributed by atoms with Crippen LogP contribution in [0.2, 0.25) is 0 Å². The number of alkyl halides is 2. The normalized spacial score (nSPS) is 10.2. The molecule has 1 rings (SSSR count). The number of benzene rings is 1. The summed E-state index contributed by atoms with van der Waals surface area (Å²) in [5, 5.41) is 1.40. The van der Waals surface area contributed by atoms with E-state index in [2.05, 4.69) is 31.9 Å². The Labute approximate surface area is 113 Å². The highest BCUT2D eigenvalue weighted by Gasteiger charge is 2.12. The number of ether oxygens (including phenoxy) is 1. The summed E-state index contributed by atoms with van der Waals surface area (Å²) in [5.74, 6) is -0.237. The van der Waals surface area contributed by atoms with Gasteiger partial charge in [0.05, 0.1) is 12.2 Å². The zero-order valence-corrected chi connectivity index (χ0v) is 12.3. The molecule has 0 unspecified atom stereocenters. The minimum absolute atomic E-state index is 0.237. The second kappa shape index (κ2) is 7.07. The highest BCUT2D eigenvalue weighted by Crippen LogP contribution is 2.18. The second-order valence-corrected chi connectivity index (χ2v) is 4.52. The molecule has 0 heterocycles. The predicted octanol–water partition coefficient (Wildman–Crippen LogP) is 4.04. The molecule has 0 radical (unpaired) electrons. The van der Waals surface area contributed by atoms with Crippen LogP contribution >= 0.6 is 31.9 Å². The van der Waals surface area contributed by atoms with Crippen molar-refractivity contribution in [2.24, 2.45) is 0 Å². The summed E-state index contributed by atoms with van der Waals surface area (Å²) in [6.07, 6.45) is 0.841. The van der Waals surface area contributed by atoms with E-state index in [1.165, 1.54) is 0 Å². The maximum Gasteiger partial charge on any atom is 0.338 e. The van der Waals surface area contributed by atoms with E-state index in [1.807, 2.05) is 25.1 Å². The van der Waals surface area contributed by atoms with E-state index < -0.39 is 0 Å². The number of rotatable bonds is 5. The summed E-state index contributed by atoms with van der Waals surface area (Å²) in [6, 6.07) is 5.83. The molecular weight excluding hydrogens is 336 g/mol. The number of esters is 1. The van der Waals surface area contributed by atoms with Crippen molar-refractivity contribution in [1.82, 2.24) is 0 Å². The van der Waals surface area contributed by atoms with Crippen LogP contribution in [0.5, 0.6) is 0 Å². The highest BCUT2D eigenvalue weighted by molar-refractivity contribution is 9.08. The van der Waals surface area contributed by atoms with Crippen molar-refractivity contribution in [2.75, 3.05) is 6.61 Å². The van der Waals surface area contributed by atoms with Gasteiger partial charge in [-0.3, -0.25) is 0 Å². The van der Waals surface area contributed by atoms with Crippen LogP contribution in [-0.2, 0) is 15.4 Å². The molecule has 0 fully saturated rings. The first-order valence-electron chi connectivity index (χ1n) is 5.13. The van der Waals surface area contributed by atoms with Crippen molar-refractivity contribution in [3.8, 4) is 0 Å². The number of hydrogen-bond acceptors (Lipinski definition) is 2. The Morgan fingerprint density at radius 2 is 2.06 bits per heavy atom. The molecule has 16 heavy (non-hydrogen) atoms. The van der Waals surface area contributed by atoms with Gasteiger partial charge in [0, 0.05) is 10.7 Å². The molecule has 0 aromatic heterocycles. The van der Waals surface area contributed by atoms with Crippen LogP contribution in [0.15, 0.2) is 18.2 Å². The van der Waals surface area contributed by atoms with E-state index in [1.54, 1.807) is 0 Å². The third kappa shape index (κ3) is 3.59. The molecule has 1 aromatic carbocycles. The van der Waals surface area contributed by atoms with E-state index in [4.69, 9.17) is 4.74 Å². The van der Waals surface area contributed by atoms with E-state index >= 15 is 0 Å². The molecule has 88 valence electrons. The molecule has 0 aliphatic carbocycles. The quantitative estimate of drug-likeness (QED) is 0.592. The van der Waals surface area contributed by atoms with E-state index in [-0.39, 0.29) is 5.97 Å². The average Bonchev–Trinajstić information content (AvgIpc) is 2.35. The Morgan fingerprint density at radius 1 is 1.31 bits per heavy atom. The van der Waals surface area contributed by atoms with Gasteiger partial charge in [-0.2, -0.15) is 0 Å². The molecule has 0 aliphatic heterocycles. The summed E-state index contributed by atoms with van der Waals surface area (Å²) in [5.41, 5.74) is 2.70. The third-order valence-electron chi connectivity index (χ3n) is 2.13. The molecule has 2 nitrogen and oxygen atoms in total. The molecule has 4 heteroatoms. The third-order valence-corrected chi connectivity index (χ3v) is 3.38. The van der Waals surface area contributed by atoms with Crippen molar-refractivity contribution in [1.29, 1.82) is 0 Å². The van der Waals surface area contributed by atoms with Crippen LogP contribution in [0, 0.1) is 0 Å². The van der Waals surface area contributed by atoms with Crippen LogP contribution in [-0.4, -0.2) is 12.6 Å². The SMILES string of the molecule is CCCOC(=O)c1cc(CBr)ccc1CBr. The largest absolute Gasteiger partial charge is 0.462 e. The maximum atomic E-state index is 11.8. The smallest absolute Gasteiger partial charge is 0.338 e. The summed E-state index contributed by atoms with van der Waals surface area (Å²) < 4.78 is 5.14. The fourth-order valence-electron chi connectivity index (χ4n) is 1.29. The Morgan fingerprint density at radius 3 is 2.62 bits per heavy atom. The molecule has 0 bridgehead atoms. The standard InChI is InChI=1S/C12H14Br2O2/c1-2-5-16-12(15)11-6-9(7-13)3-4-10(11)8-14/h3-4,6H,2,5,7-8H2,1H3. The summed E-state index contributed by atoms with van der Waals surface area (Å²) >= 11 is 6.75. The van der Waals surface area contributed by atoms with Gasteiger partial charge in [-0.25, -0.2) is 4.79 Å². The van der Waals surface area contributed by atoms with Gasteiger partial charge in [0.25, 0.3) is 0 Å². The summed E-state index contributed by atoms with van der Waals surface area (Å²) in [4.78, 5) is 11.8. The Kier molecular flexibility index (Phi) is 6.06. The predicted molar refractivity (Wildman–Crippen MR) is 72.3 cm³/mol. The summed E-state index contributed by atoms with van der Waals surface area (Å²) in [7, 11) is 0. The van der Waals surface area contributed by atoms with Crippen LogP contribution in [0.4, 0.5) is 0 Å². The van der Waals surface area contributed by atoms with Crippen LogP contribution in [0.25, 0.3) is 0 Å². The summed E-state index contributed by atoms with van der Waals surface area (Å²) in [6.45, 7) is 2.45. The minimum atomic E-state index is -0.237. The van der Waals surface area contributed by atoms with E-state index in [0.717, 1.165) is 22.9 Å². The lowest BCUT2D eigenvalue weighted by Crippen LogP contribution is -2.09. The first kappa shape index (κ1) is 13.7. The number of hydrogen-bond donors (Lipinski definition) is 0. The molecule has 0 saturated carbocycles. The molecule has 0 spiro atoms. The average molecular weight is 350 g/mol. The Balaban J connectivity index is 2.94. The lowest BCUT2D eigenvalue weighted by atomic mass is 10.1. The van der Waals surface area contributed by atoms with Crippen molar-refractivity contribution in [3.63, 3.8) is 0 Å². The number of carbonyl (C=O) groups is 1. The van der Waals surface area contributed by atoms with Crippen molar-refractivity contribution >= 4 is 37.8 Å². The minimum Gasteiger partial charge on any atom is -0.462 e. The van der Waals surface area contributed by atoms with Gasteiger partial charge in [0.15, 0.2) is 0 Å².